The van der Waals surface area contributed by atoms with Crippen LogP contribution in [0.1, 0.15) is 21.7 Å². The molecular weight excluding hydrogens is 212 g/mol. The lowest BCUT2D eigenvalue weighted by atomic mass is 10.2. The van der Waals surface area contributed by atoms with Gasteiger partial charge in [-0.3, -0.25) is 9.78 Å². The van der Waals surface area contributed by atoms with E-state index in [2.05, 4.69) is 4.98 Å². The minimum atomic E-state index is -0.379. The van der Waals surface area contributed by atoms with Crippen molar-refractivity contribution in [1.29, 1.82) is 0 Å². The average Bonchev–Trinajstić information content (AvgIpc) is 2.30. The molecule has 0 spiro atoms. The summed E-state index contributed by atoms with van der Waals surface area (Å²) in [5, 5.41) is 0. The smallest absolute Gasteiger partial charge is 0.248 e. The number of aromatic nitrogens is 1. The van der Waals surface area contributed by atoms with Crippen LogP contribution in [0.3, 0.4) is 0 Å². The van der Waals surface area contributed by atoms with Gasteiger partial charge in [0, 0.05) is 17.0 Å². The normalized spacial score (nSPS) is 9.06. The van der Waals surface area contributed by atoms with Gasteiger partial charge in [0.05, 0.1) is 0 Å². The highest BCUT2D eigenvalue weighted by molar-refractivity contribution is 5.92. The second-order valence-electron chi connectivity index (χ2n) is 3.65. The van der Waals surface area contributed by atoms with Crippen molar-refractivity contribution in [2.75, 3.05) is 0 Å². The van der Waals surface area contributed by atoms with Crippen molar-refractivity contribution >= 4 is 5.91 Å². The fourth-order valence-electron chi connectivity index (χ4n) is 1.28. The molecule has 3 heteroatoms. The third kappa shape index (κ3) is 4.93. The maximum absolute atomic E-state index is 10.4. The van der Waals surface area contributed by atoms with Crippen LogP contribution in [0.15, 0.2) is 48.5 Å². The number of pyridine rings is 1. The van der Waals surface area contributed by atoms with Gasteiger partial charge in [0.2, 0.25) is 5.91 Å². The summed E-state index contributed by atoms with van der Waals surface area (Å²) in [7, 11) is 0. The number of rotatable bonds is 1. The van der Waals surface area contributed by atoms with Crippen LogP contribution in [0.4, 0.5) is 0 Å². The van der Waals surface area contributed by atoms with Crippen LogP contribution in [0.5, 0.6) is 0 Å². The Morgan fingerprint density at radius 2 is 1.47 bits per heavy atom. The molecular formula is C14H16N2O. The van der Waals surface area contributed by atoms with Crippen LogP contribution in [0.25, 0.3) is 0 Å². The molecule has 0 aliphatic heterocycles. The summed E-state index contributed by atoms with van der Waals surface area (Å²) in [6, 6.07) is 14.8. The van der Waals surface area contributed by atoms with Gasteiger partial charge in [-0.15, -0.1) is 0 Å². The number of carbonyl (C=O) groups is 1. The van der Waals surface area contributed by atoms with Crippen molar-refractivity contribution in [2.24, 2.45) is 5.73 Å². The van der Waals surface area contributed by atoms with E-state index in [-0.39, 0.29) is 5.91 Å². The molecule has 2 N–H and O–H groups in total. The van der Waals surface area contributed by atoms with Gasteiger partial charge in [0.15, 0.2) is 0 Å². The van der Waals surface area contributed by atoms with Gasteiger partial charge in [-0.05, 0) is 38.1 Å². The van der Waals surface area contributed by atoms with Crippen LogP contribution in [0.2, 0.25) is 0 Å². The van der Waals surface area contributed by atoms with Crippen molar-refractivity contribution in [3.63, 3.8) is 0 Å². The number of aryl methyl sites for hydroxylation is 2. The first-order chi connectivity index (χ1) is 8.09. The van der Waals surface area contributed by atoms with Gasteiger partial charge in [0.1, 0.15) is 0 Å². The van der Waals surface area contributed by atoms with E-state index in [1.807, 2.05) is 38.1 Å². The van der Waals surface area contributed by atoms with Crippen molar-refractivity contribution in [3.8, 4) is 0 Å². The molecule has 0 saturated carbocycles. The summed E-state index contributed by atoms with van der Waals surface area (Å²) in [5.41, 5.74) is 7.70. The minimum Gasteiger partial charge on any atom is -0.366 e. The zero-order valence-corrected chi connectivity index (χ0v) is 10.1. The summed E-state index contributed by atoms with van der Waals surface area (Å²) in [4.78, 5) is 14.6. The van der Waals surface area contributed by atoms with Gasteiger partial charge >= 0.3 is 0 Å². The topological polar surface area (TPSA) is 56.0 Å². The molecule has 3 nitrogen and oxygen atoms in total. The maximum Gasteiger partial charge on any atom is 0.248 e. The Labute approximate surface area is 101 Å². The van der Waals surface area contributed by atoms with E-state index < -0.39 is 0 Å². The zero-order valence-electron chi connectivity index (χ0n) is 10.1. The van der Waals surface area contributed by atoms with Crippen LogP contribution in [-0.2, 0) is 0 Å². The molecule has 0 atom stereocenters. The van der Waals surface area contributed by atoms with Crippen LogP contribution >= 0.6 is 0 Å². The van der Waals surface area contributed by atoms with E-state index in [1.54, 1.807) is 24.3 Å². The number of hydrogen-bond donors (Lipinski definition) is 1. The van der Waals surface area contributed by atoms with Gasteiger partial charge in [0.25, 0.3) is 0 Å². The van der Waals surface area contributed by atoms with Crippen molar-refractivity contribution in [3.05, 3.63) is 65.5 Å². The van der Waals surface area contributed by atoms with Crippen molar-refractivity contribution < 1.29 is 4.79 Å². The van der Waals surface area contributed by atoms with E-state index in [0.717, 1.165) is 11.4 Å². The fraction of sp³-hybridized carbons (Fsp3) is 0.143. The summed E-state index contributed by atoms with van der Waals surface area (Å²) in [6.45, 7) is 3.99. The third-order valence-electron chi connectivity index (χ3n) is 2.09. The fourth-order valence-corrected chi connectivity index (χ4v) is 1.28. The van der Waals surface area contributed by atoms with Gasteiger partial charge in [-0.25, -0.2) is 0 Å². The maximum atomic E-state index is 10.4. The molecule has 17 heavy (non-hydrogen) atoms. The number of nitrogens with two attached hydrogens (primary N) is 1. The van der Waals surface area contributed by atoms with E-state index in [4.69, 9.17) is 5.73 Å². The zero-order chi connectivity index (χ0) is 12.7. The molecule has 0 radical (unpaired) electrons. The molecule has 0 saturated heterocycles. The van der Waals surface area contributed by atoms with E-state index in [9.17, 15) is 4.79 Å². The van der Waals surface area contributed by atoms with Gasteiger partial charge in [-0.2, -0.15) is 0 Å². The van der Waals surface area contributed by atoms with Crippen LogP contribution in [0, 0.1) is 13.8 Å². The molecule has 0 unspecified atom stereocenters. The van der Waals surface area contributed by atoms with Crippen molar-refractivity contribution in [1.82, 2.24) is 4.98 Å². The lowest BCUT2D eigenvalue weighted by Crippen LogP contribution is -2.09. The molecule has 0 aliphatic carbocycles. The molecule has 0 aliphatic rings. The Kier molecular flexibility index (Phi) is 4.88. The summed E-state index contributed by atoms with van der Waals surface area (Å²) >= 11 is 0. The Hall–Kier alpha value is -2.16. The molecule has 0 bridgehead atoms. The van der Waals surface area contributed by atoms with Gasteiger partial charge in [-0.1, -0.05) is 24.3 Å². The number of hydrogen-bond acceptors (Lipinski definition) is 2. The molecule has 1 amide bonds. The number of primary amides is 1. The van der Waals surface area contributed by atoms with E-state index in [1.165, 1.54) is 0 Å². The SMILES string of the molecule is Cc1cccc(C)n1.NC(=O)c1ccccc1. The first-order valence-corrected chi connectivity index (χ1v) is 5.34. The number of nitrogens with zero attached hydrogens (tertiary/aromatic N) is 1. The monoisotopic (exact) mass is 228 g/mol. The number of benzene rings is 1. The number of carbonyl (C=O) groups excluding carboxylic acids is 1. The highest BCUT2D eigenvalue weighted by atomic mass is 16.1. The first-order valence-electron chi connectivity index (χ1n) is 5.34. The highest BCUT2D eigenvalue weighted by Crippen LogP contribution is 1.95. The predicted octanol–water partition coefficient (Wildman–Crippen LogP) is 2.48. The minimum absolute atomic E-state index is 0.379. The Morgan fingerprint density at radius 3 is 1.76 bits per heavy atom. The number of amides is 1. The highest BCUT2D eigenvalue weighted by Gasteiger charge is 1.93. The first kappa shape index (κ1) is 12.9. The average molecular weight is 228 g/mol. The standard InChI is InChI=1S/C7H7NO.C7H9N/c8-7(9)6-4-2-1-3-5-6;1-6-4-3-5-7(2)8-6/h1-5H,(H2,8,9);3-5H,1-2H3. The van der Waals surface area contributed by atoms with Crippen molar-refractivity contribution in [2.45, 2.75) is 13.8 Å². The molecule has 2 rings (SSSR count). The largest absolute Gasteiger partial charge is 0.366 e. The third-order valence-corrected chi connectivity index (χ3v) is 2.09. The van der Waals surface area contributed by atoms with Crippen LogP contribution in [-0.4, -0.2) is 10.9 Å². The molecule has 1 heterocycles. The molecule has 1 aromatic heterocycles. The molecule has 2 aromatic rings. The Morgan fingerprint density at radius 1 is 0.941 bits per heavy atom. The van der Waals surface area contributed by atoms with E-state index in [0.29, 0.717) is 5.56 Å². The van der Waals surface area contributed by atoms with Gasteiger partial charge < -0.3 is 5.73 Å². The lowest BCUT2D eigenvalue weighted by molar-refractivity contribution is 0.100. The second kappa shape index (κ2) is 6.43. The lowest BCUT2D eigenvalue weighted by Gasteiger charge is -1.90. The quantitative estimate of drug-likeness (QED) is 0.815. The Bertz CT molecular complexity index is 463. The second-order valence-corrected chi connectivity index (χ2v) is 3.65. The summed E-state index contributed by atoms with van der Waals surface area (Å²) in [5.74, 6) is -0.379. The summed E-state index contributed by atoms with van der Waals surface area (Å²) in [6.07, 6.45) is 0. The summed E-state index contributed by atoms with van der Waals surface area (Å²) < 4.78 is 0. The molecule has 88 valence electrons. The molecule has 0 fully saturated rings. The predicted molar refractivity (Wildman–Crippen MR) is 68.7 cm³/mol. The Balaban J connectivity index is 0.000000171. The molecule has 1 aromatic carbocycles. The van der Waals surface area contributed by atoms with E-state index >= 15 is 0 Å². The van der Waals surface area contributed by atoms with Crippen LogP contribution < -0.4 is 5.73 Å².